The van der Waals surface area contributed by atoms with E-state index in [-0.39, 0.29) is 24.8 Å². The highest BCUT2D eigenvalue weighted by atomic mass is 32.1. The van der Waals surface area contributed by atoms with E-state index in [1.54, 1.807) is 11.3 Å². The number of H-pyrrole nitrogens is 1. The minimum absolute atomic E-state index is 0.0635. The van der Waals surface area contributed by atoms with Gasteiger partial charge in [0.1, 0.15) is 0 Å². The van der Waals surface area contributed by atoms with Gasteiger partial charge in [0.05, 0.1) is 22.3 Å². The Morgan fingerprint density at radius 2 is 1.97 bits per heavy atom. The Kier molecular flexibility index (Phi) is 7.55. The van der Waals surface area contributed by atoms with Crippen LogP contribution in [0.4, 0.5) is 5.69 Å². The van der Waals surface area contributed by atoms with Crippen molar-refractivity contribution in [1.82, 2.24) is 15.3 Å². The molecule has 2 aromatic carbocycles. The quantitative estimate of drug-likeness (QED) is 0.277. The molecule has 192 valence electrons. The van der Waals surface area contributed by atoms with E-state index in [1.807, 2.05) is 43.6 Å². The van der Waals surface area contributed by atoms with E-state index >= 15 is 0 Å². The number of amides is 1. The zero-order chi connectivity index (χ0) is 25.8. The molecule has 2 aromatic heterocycles. The Labute approximate surface area is 220 Å². The van der Waals surface area contributed by atoms with Gasteiger partial charge in [-0.3, -0.25) is 9.59 Å². The molecule has 4 aromatic rings. The highest BCUT2D eigenvalue weighted by Gasteiger charge is 2.25. The van der Waals surface area contributed by atoms with E-state index in [2.05, 4.69) is 38.4 Å². The number of anilines is 1. The first-order valence-corrected chi connectivity index (χ1v) is 13.7. The fourth-order valence-electron chi connectivity index (χ4n) is 5.15. The minimum Gasteiger partial charge on any atom is -0.481 e. The van der Waals surface area contributed by atoms with Crippen LogP contribution in [0.2, 0.25) is 0 Å². The molecule has 7 nitrogen and oxygen atoms in total. The van der Waals surface area contributed by atoms with Gasteiger partial charge in [-0.1, -0.05) is 24.3 Å². The topological polar surface area (TPSA) is 98.3 Å². The van der Waals surface area contributed by atoms with Gasteiger partial charge in [0.2, 0.25) is 5.91 Å². The first kappa shape index (κ1) is 25.0. The third kappa shape index (κ3) is 5.85. The van der Waals surface area contributed by atoms with Gasteiger partial charge in [-0.25, -0.2) is 4.98 Å². The van der Waals surface area contributed by atoms with Gasteiger partial charge in [-0.15, -0.1) is 11.3 Å². The van der Waals surface area contributed by atoms with Crippen molar-refractivity contribution < 1.29 is 14.7 Å². The van der Waals surface area contributed by atoms with Crippen LogP contribution in [-0.2, 0) is 22.4 Å². The third-order valence-corrected chi connectivity index (χ3v) is 7.96. The van der Waals surface area contributed by atoms with Crippen LogP contribution >= 0.6 is 11.3 Å². The van der Waals surface area contributed by atoms with E-state index in [4.69, 9.17) is 5.11 Å². The number of rotatable bonds is 9. The fraction of sp³-hybridized carbons (Fsp3) is 0.345. The lowest BCUT2D eigenvalue weighted by Gasteiger charge is -2.32. The number of thiazole rings is 1. The summed E-state index contributed by atoms with van der Waals surface area (Å²) in [6, 6.07) is 14.0. The number of aromatic amines is 1. The standard InChI is InChI=1S/C29H32N4O3S/c1-19-30-18-26(37-19)29(22-7-3-4-8-25(22)33-13-5-2-6-14-33)32-27(34)16-20-9-11-24-23(15-20)21(17-31-24)10-12-28(35)36/h3-4,7-9,11,15,17-18,29,31H,2,5-6,10,12-14,16H2,1H3,(H,32,34)(H,35,36). The Balaban J connectivity index is 1.40. The van der Waals surface area contributed by atoms with Gasteiger partial charge < -0.3 is 20.3 Å². The van der Waals surface area contributed by atoms with Crippen LogP contribution in [0.5, 0.6) is 0 Å². The highest BCUT2D eigenvalue weighted by molar-refractivity contribution is 7.11. The summed E-state index contributed by atoms with van der Waals surface area (Å²) in [5.74, 6) is -0.884. The number of hydrogen-bond acceptors (Lipinski definition) is 5. The molecule has 3 N–H and O–H groups in total. The van der Waals surface area contributed by atoms with Crippen LogP contribution < -0.4 is 10.2 Å². The molecule has 1 fully saturated rings. The number of piperidine rings is 1. The Morgan fingerprint density at radius 3 is 2.73 bits per heavy atom. The number of hydrogen-bond donors (Lipinski definition) is 3. The largest absolute Gasteiger partial charge is 0.481 e. The normalized spacial score (nSPS) is 14.6. The number of para-hydroxylation sites is 1. The molecule has 0 bridgehead atoms. The average Bonchev–Trinajstić information content (AvgIpc) is 3.52. The summed E-state index contributed by atoms with van der Waals surface area (Å²) >= 11 is 1.61. The number of carbonyl (C=O) groups excluding carboxylic acids is 1. The molecular weight excluding hydrogens is 484 g/mol. The van der Waals surface area contributed by atoms with Crippen LogP contribution in [0.25, 0.3) is 10.9 Å². The highest BCUT2D eigenvalue weighted by Crippen LogP contribution is 2.34. The number of fused-ring (bicyclic) bond motifs is 1. The molecule has 0 saturated carbocycles. The van der Waals surface area contributed by atoms with Gasteiger partial charge in [-0.05, 0) is 61.9 Å². The molecule has 0 aliphatic carbocycles. The molecule has 1 saturated heterocycles. The summed E-state index contributed by atoms with van der Waals surface area (Å²) in [7, 11) is 0. The smallest absolute Gasteiger partial charge is 0.303 e. The Bertz CT molecular complexity index is 1400. The molecule has 1 aliphatic rings. The lowest BCUT2D eigenvalue weighted by atomic mass is 10.00. The number of benzene rings is 2. The summed E-state index contributed by atoms with van der Waals surface area (Å²) in [4.78, 5) is 35.6. The monoisotopic (exact) mass is 516 g/mol. The van der Waals surface area contributed by atoms with Gasteiger partial charge in [0, 0.05) is 54.1 Å². The maximum absolute atomic E-state index is 13.4. The molecule has 8 heteroatoms. The van der Waals surface area contributed by atoms with Crippen molar-refractivity contribution in [2.45, 2.75) is 51.5 Å². The summed E-state index contributed by atoms with van der Waals surface area (Å²) in [6.07, 6.45) is 8.11. The fourth-order valence-corrected chi connectivity index (χ4v) is 6.00. The number of aliphatic carboxylic acids is 1. The summed E-state index contributed by atoms with van der Waals surface area (Å²) in [5.41, 5.74) is 5.06. The number of aromatic nitrogens is 2. The number of nitrogens with one attached hydrogen (secondary N) is 2. The van der Waals surface area contributed by atoms with Crippen LogP contribution in [0.1, 0.15) is 58.3 Å². The number of nitrogens with zero attached hydrogens (tertiary/aromatic N) is 2. The molecule has 37 heavy (non-hydrogen) atoms. The zero-order valence-electron chi connectivity index (χ0n) is 21.0. The van der Waals surface area contributed by atoms with Crippen LogP contribution in [-0.4, -0.2) is 40.0 Å². The number of carboxylic acids is 1. The predicted octanol–water partition coefficient (Wildman–Crippen LogP) is 5.39. The van der Waals surface area contributed by atoms with Crippen molar-refractivity contribution in [3.8, 4) is 0 Å². The maximum atomic E-state index is 13.4. The molecule has 1 atom stereocenters. The molecule has 1 unspecified atom stereocenters. The molecule has 0 radical (unpaired) electrons. The lowest BCUT2D eigenvalue weighted by Crippen LogP contribution is -2.34. The Morgan fingerprint density at radius 1 is 1.16 bits per heavy atom. The van der Waals surface area contributed by atoms with Crippen molar-refractivity contribution in [1.29, 1.82) is 0 Å². The molecule has 1 aliphatic heterocycles. The number of carboxylic acid groups (broad SMARTS) is 1. The average molecular weight is 517 g/mol. The third-order valence-electron chi connectivity index (χ3n) is 6.98. The van der Waals surface area contributed by atoms with E-state index in [1.165, 1.54) is 24.9 Å². The van der Waals surface area contributed by atoms with Crippen LogP contribution in [0, 0.1) is 6.92 Å². The van der Waals surface area contributed by atoms with E-state index in [9.17, 15) is 9.59 Å². The second kappa shape index (κ2) is 11.2. The first-order chi connectivity index (χ1) is 18.0. The Hall–Kier alpha value is -3.65. The second-order valence-corrected chi connectivity index (χ2v) is 10.9. The van der Waals surface area contributed by atoms with E-state index in [0.717, 1.165) is 50.6 Å². The first-order valence-electron chi connectivity index (χ1n) is 12.8. The second-order valence-electron chi connectivity index (χ2n) is 9.65. The predicted molar refractivity (Wildman–Crippen MR) is 147 cm³/mol. The minimum atomic E-state index is -0.820. The molecular formula is C29H32N4O3S. The molecule has 3 heterocycles. The van der Waals surface area contributed by atoms with E-state index < -0.39 is 5.97 Å². The lowest BCUT2D eigenvalue weighted by molar-refractivity contribution is -0.137. The number of aryl methyl sites for hydroxylation is 2. The summed E-state index contributed by atoms with van der Waals surface area (Å²) in [6.45, 7) is 4.04. The zero-order valence-corrected chi connectivity index (χ0v) is 21.8. The summed E-state index contributed by atoms with van der Waals surface area (Å²) in [5, 5.41) is 14.3. The van der Waals surface area contributed by atoms with Crippen molar-refractivity contribution in [2.24, 2.45) is 0 Å². The maximum Gasteiger partial charge on any atom is 0.303 e. The molecule has 0 spiro atoms. The van der Waals surface area contributed by atoms with Gasteiger partial charge in [-0.2, -0.15) is 0 Å². The van der Waals surface area contributed by atoms with Crippen LogP contribution in [0.3, 0.4) is 0 Å². The summed E-state index contributed by atoms with van der Waals surface area (Å²) < 4.78 is 0. The van der Waals surface area contributed by atoms with Crippen molar-refractivity contribution in [3.05, 3.63) is 81.4 Å². The van der Waals surface area contributed by atoms with Crippen molar-refractivity contribution >= 4 is 39.8 Å². The number of carbonyl (C=O) groups is 2. The van der Waals surface area contributed by atoms with Crippen LogP contribution in [0.15, 0.2) is 54.9 Å². The SMILES string of the molecule is Cc1ncc(C(NC(=O)Cc2ccc3[nH]cc(CCC(=O)O)c3c2)c2ccccc2N2CCCCC2)s1. The van der Waals surface area contributed by atoms with Gasteiger partial charge in [0.15, 0.2) is 0 Å². The molecule has 1 amide bonds. The van der Waals surface area contributed by atoms with E-state index in [0.29, 0.717) is 6.42 Å². The van der Waals surface area contributed by atoms with Crippen molar-refractivity contribution in [2.75, 3.05) is 18.0 Å². The van der Waals surface area contributed by atoms with Gasteiger partial charge in [0.25, 0.3) is 0 Å². The van der Waals surface area contributed by atoms with Crippen molar-refractivity contribution in [3.63, 3.8) is 0 Å². The molecule has 5 rings (SSSR count). The van der Waals surface area contributed by atoms with Gasteiger partial charge >= 0.3 is 5.97 Å².